The Balaban J connectivity index is 2.24. The van der Waals surface area contributed by atoms with Crippen molar-refractivity contribution in [1.82, 2.24) is 9.97 Å². The number of aliphatic hydroxyl groups excluding tert-OH is 1. The SMILES string of the molecule is CCCc1nc(Br)cc(N(CCO)C2CCCC2)n1. The highest BCUT2D eigenvalue weighted by molar-refractivity contribution is 9.10. The number of anilines is 1. The molecule has 0 radical (unpaired) electrons. The van der Waals surface area contributed by atoms with Gasteiger partial charge in [0.2, 0.25) is 0 Å². The number of aryl methyl sites for hydroxylation is 1. The van der Waals surface area contributed by atoms with Crippen molar-refractivity contribution in [1.29, 1.82) is 0 Å². The van der Waals surface area contributed by atoms with E-state index >= 15 is 0 Å². The van der Waals surface area contributed by atoms with E-state index in [9.17, 15) is 5.11 Å². The third kappa shape index (κ3) is 3.89. The molecule has 1 aromatic rings. The van der Waals surface area contributed by atoms with Crippen LogP contribution in [-0.4, -0.2) is 34.3 Å². The van der Waals surface area contributed by atoms with Gasteiger partial charge in [0.05, 0.1) is 6.61 Å². The molecular weight excluding hydrogens is 306 g/mol. The molecule has 0 saturated heterocycles. The molecule has 0 unspecified atom stereocenters. The summed E-state index contributed by atoms with van der Waals surface area (Å²) < 4.78 is 0.835. The molecule has 0 spiro atoms. The molecule has 2 rings (SSSR count). The lowest BCUT2D eigenvalue weighted by molar-refractivity contribution is 0.296. The van der Waals surface area contributed by atoms with Crippen molar-refractivity contribution < 1.29 is 5.11 Å². The average Bonchev–Trinajstić information content (AvgIpc) is 2.89. The largest absolute Gasteiger partial charge is 0.395 e. The standard InChI is InChI=1S/C14H22BrN3O/c1-2-5-13-16-12(15)10-14(17-13)18(8-9-19)11-6-3-4-7-11/h10-11,19H,2-9H2,1H3. The van der Waals surface area contributed by atoms with Crippen molar-refractivity contribution in [2.24, 2.45) is 0 Å². The monoisotopic (exact) mass is 327 g/mol. The second kappa shape index (κ2) is 7.20. The first kappa shape index (κ1) is 14.7. The van der Waals surface area contributed by atoms with Crippen LogP contribution in [0.15, 0.2) is 10.7 Å². The summed E-state index contributed by atoms with van der Waals surface area (Å²) in [5.41, 5.74) is 0. The van der Waals surface area contributed by atoms with E-state index in [4.69, 9.17) is 0 Å². The van der Waals surface area contributed by atoms with Gasteiger partial charge in [-0.1, -0.05) is 19.8 Å². The summed E-state index contributed by atoms with van der Waals surface area (Å²) in [6.45, 7) is 2.95. The van der Waals surface area contributed by atoms with Crippen LogP contribution in [0.2, 0.25) is 0 Å². The van der Waals surface area contributed by atoms with Gasteiger partial charge in [0.15, 0.2) is 0 Å². The van der Waals surface area contributed by atoms with Crippen molar-refractivity contribution in [3.8, 4) is 0 Å². The van der Waals surface area contributed by atoms with Crippen molar-refractivity contribution >= 4 is 21.7 Å². The zero-order valence-corrected chi connectivity index (χ0v) is 13.1. The molecule has 106 valence electrons. The lowest BCUT2D eigenvalue weighted by Gasteiger charge is -2.29. The van der Waals surface area contributed by atoms with Crippen LogP contribution < -0.4 is 4.90 Å². The van der Waals surface area contributed by atoms with Gasteiger partial charge < -0.3 is 10.0 Å². The van der Waals surface area contributed by atoms with Gasteiger partial charge in [0, 0.05) is 25.1 Å². The predicted octanol–water partition coefficient (Wildman–Crippen LogP) is 2.93. The first-order valence-electron chi connectivity index (χ1n) is 7.15. The molecule has 1 aliphatic carbocycles. The van der Waals surface area contributed by atoms with Gasteiger partial charge in [-0.25, -0.2) is 9.97 Å². The third-order valence-corrected chi connectivity index (χ3v) is 4.01. The van der Waals surface area contributed by atoms with Gasteiger partial charge >= 0.3 is 0 Å². The van der Waals surface area contributed by atoms with Gasteiger partial charge in [-0.2, -0.15) is 0 Å². The highest BCUT2D eigenvalue weighted by Gasteiger charge is 2.24. The molecule has 1 aliphatic rings. The molecule has 1 aromatic heterocycles. The predicted molar refractivity (Wildman–Crippen MR) is 80.4 cm³/mol. The average molecular weight is 328 g/mol. The molecule has 5 heteroatoms. The fourth-order valence-electron chi connectivity index (χ4n) is 2.74. The van der Waals surface area contributed by atoms with Crippen LogP contribution in [0, 0.1) is 0 Å². The molecule has 19 heavy (non-hydrogen) atoms. The Morgan fingerprint density at radius 1 is 1.37 bits per heavy atom. The summed E-state index contributed by atoms with van der Waals surface area (Å²) >= 11 is 3.47. The maximum Gasteiger partial charge on any atom is 0.133 e. The Kier molecular flexibility index (Phi) is 5.58. The second-order valence-corrected chi connectivity index (χ2v) is 5.88. The highest BCUT2D eigenvalue weighted by Crippen LogP contribution is 2.28. The molecule has 0 bridgehead atoms. The number of halogens is 1. The summed E-state index contributed by atoms with van der Waals surface area (Å²) in [6, 6.07) is 2.48. The minimum absolute atomic E-state index is 0.168. The first-order chi connectivity index (χ1) is 9.24. The summed E-state index contributed by atoms with van der Waals surface area (Å²) in [6.07, 6.45) is 6.89. The zero-order valence-electron chi connectivity index (χ0n) is 11.5. The minimum Gasteiger partial charge on any atom is -0.395 e. The minimum atomic E-state index is 0.168. The van der Waals surface area contributed by atoms with Crippen molar-refractivity contribution in [2.75, 3.05) is 18.1 Å². The van der Waals surface area contributed by atoms with E-state index in [1.807, 2.05) is 6.07 Å². The van der Waals surface area contributed by atoms with Crippen LogP contribution in [0.4, 0.5) is 5.82 Å². The van der Waals surface area contributed by atoms with Crippen LogP contribution >= 0.6 is 15.9 Å². The van der Waals surface area contributed by atoms with E-state index in [0.717, 1.165) is 29.1 Å². The van der Waals surface area contributed by atoms with E-state index in [1.54, 1.807) is 0 Å². The molecule has 4 nitrogen and oxygen atoms in total. The van der Waals surface area contributed by atoms with Crippen LogP contribution in [0.3, 0.4) is 0 Å². The Bertz CT molecular complexity index is 408. The summed E-state index contributed by atoms with van der Waals surface area (Å²) in [5.74, 6) is 1.83. The molecular formula is C14H22BrN3O. The van der Waals surface area contributed by atoms with E-state index in [-0.39, 0.29) is 6.61 Å². The third-order valence-electron chi connectivity index (χ3n) is 3.60. The molecule has 0 amide bonds. The fourth-order valence-corrected chi connectivity index (χ4v) is 3.15. The zero-order chi connectivity index (χ0) is 13.7. The quantitative estimate of drug-likeness (QED) is 0.816. The molecule has 1 heterocycles. The smallest absolute Gasteiger partial charge is 0.133 e. The number of hydrogen-bond donors (Lipinski definition) is 1. The van der Waals surface area contributed by atoms with Crippen LogP contribution in [0.25, 0.3) is 0 Å². The second-order valence-electron chi connectivity index (χ2n) is 5.07. The van der Waals surface area contributed by atoms with E-state index in [0.29, 0.717) is 12.6 Å². The Morgan fingerprint density at radius 3 is 2.74 bits per heavy atom. The van der Waals surface area contributed by atoms with Gasteiger partial charge in [-0.3, -0.25) is 0 Å². The number of nitrogens with zero attached hydrogens (tertiary/aromatic N) is 3. The van der Waals surface area contributed by atoms with Crippen LogP contribution in [0.1, 0.15) is 44.9 Å². The van der Waals surface area contributed by atoms with Crippen molar-refractivity contribution in [3.05, 3.63) is 16.5 Å². The lowest BCUT2D eigenvalue weighted by Crippen LogP contribution is -2.36. The Hall–Kier alpha value is -0.680. The van der Waals surface area contributed by atoms with Gasteiger partial charge in [-0.05, 0) is 35.2 Å². The number of aliphatic hydroxyl groups is 1. The number of hydrogen-bond acceptors (Lipinski definition) is 4. The van der Waals surface area contributed by atoms with Crippen LogP contribution in [-0.2, 0) is 6.42 Å². The summed E-state index contributed by atoms with van der Waals surface area (Å²) in [5, 5.41) is 9.30. The molecule has 0 atom stereocenters. The molecule has 1 saturated carbocycles. The van der Waals surface area contributed by atoms with Gasteiger partial charge in [0.25, 0.3) is 0 Å². The first-order valence-corrected chi connectivity index (χ1v) is 7.95. The highest BCUT2D eigenvalue weighted by atomic mass is 79.9. The fraction of sp³-hybridized carbons (Fsp3) is 0.714. The maximum absolute atomic E-state index is 9.30. The maximum atomic E-state index is 9.30. The summed E-state index contributed by atoms with van der Waals surface area (Å²) in [7, 11) is 0. The molecule has 1 N–H and O–H groups in total. The van der Waals surface area contributed by atoms with Crippen LogP contribution in [0.5, 0.6) is 0 Å². The van der Waals surface area contributed by atoms with E-state index in [2.05, 4.69) is 37.7 Å². The van der Waals surface area contributed by atoms with Crippen molar-refractivity contribution in [2.45, 2.75) is 51.5 Å². The number of rotatable bonds is 6. The van der Waals surface area contributed by atoms with Gasteiger partial charge in [0.1, 0.15) is 16.2 Å². The van der Waals surface area contributed by atoms with Gasteiger partial charge in [-0.15, -0.1) is 0 Å². The number of aromatic nitrogens is 2. The molecule has 0 aliphatic heterocycles. The lowest BCUT2D eigenvalue weighted by atomic mass is 10.2. The van der Waals surface area contributed by atoms with Crippen molar-refractivity contribution in [3.63, 3.8) is 0 Å². The normalized spacial score (nSPS) is 15.9. The van der Waals surface area contributed by atoms with E-state index in [1.165, 1.54) is 25.7 Å². The van der Waals surface area contributed by atoms with E-state index < -0.39 is 0 Å². The topological polar surface area (TPSA) is 49.2 Å². The molecule has 1 fully saturated rings. The molecule has 0 aromatic carbocycles. The summed E-state index contributed by atoms with van der Waals surface area (Å²) in [4.78, 5) is 11.3. The Morgan fingerprint density at radius 2 is 2.11 bits per heavy atom. The Labute approximate surface area is 123 Å².